The summed E-state index contributed by atoms with van der Waals surface area (Å²) in [5.74, 6) is 1.89. The first-order valence-corrected chi connectivity index (χ1v) is 7.29. The van der Waals surface area contributed by atoms with Crippen molar-refractivity contribution >= 4 is 0 Å². The van der Waals surface area contributed by atoms with Gasteiger partial charge in [0.1, 0.15) is 0 Å². The molecule has 0 aromatic heterocycles. The Kier molecular flexibility index (Phi) is 3.21. The van der Waals surface area contributed by atoms with Crippen LogP contribution < -0.4 is 5.32 Å². The van der Waals surface area contributed by atoms with Crippen LogP contribution in [-0.4, -0.2) is 23.3 Å². The van der Waals surface area contributed by atoms with E-state index in [9.17, 15) is 5.11 Å². The third-order valence-electron chi connectivity index (χ3n) is 4.65. The first-order chi connectivity index (χ1) is 7.84. The minimum atomic E-state index is -0.0810. The molecule has 2 atom stereocenters. The second-order valence-corrected chi connectivity index (χ2v) is 6.18. The van der Waals surface area contributed by atoms with Gasteiger partial charge in [0.25, 0.3) is 0 Å². The first-order valence-electron chi connectivity index (χ1n) is 7.29. The minimum absolute atomic E-state index is 0.0810. The standard InChI is InChI=1S/C14H25NO/c16-13-5-3-1-2-4-12(13)15-14(10-6-7-10)11-8-9-11/h10-16H,1-9H2. The molecule has 3 aliphatic rings. The van der Waals surface area contributed by atoms with Crippen molar-refractivity contribution in [1.29, 1.82) is 0 Å². The van der Waals surface area contributed by atoms with Crippen LogP contribution in [-0.2, 0) is 0 Å². The molecule has 0 aliphatic heterocycles. The molecule has 2 heteroatoms. The summed E-state index contributed by atoms with van der Waals surface area (Å²) in [7, 11) is 0. The Morgan fingerprint density at radius 2 is 1.44 bits per heavy atom. The molecule has 0 spiro atoms. The molecule has 3 fully saturated rings. The molecule has 16 heavy (non-hydrogen) atoms. The summed E-state index contributed by atoms with van der Waals surface area (Å²) in [6.45, 7) is 0. The molecule has 0 aromatic rings. The van der Waals surface area contributed by atoms with E-state index in [1.807, 2.05) is 0 Å². The minimum Gasteiger partial charge on any atom is -0.392 e. The average Bonchev–Trinajstić information content (AvgIpc) is 3.14. The van der Waals surface area contributed by atoms with Crippen molar-refractivity contribution in [1.82, 2.24) is 5.32 Å². The zero-order chi connectivity index (χ0) is 11.0. The maximum absolute atomic E-state index is 10.1. The van der Waals surface area contributed by atoms with Gasteiger partial charge in [0.05, 0.1) is 6.10 Å². The molecule has 0 heterocycles. The number of aliphatic hydroxyl groups excluding tert-OH is 1. The Balaban J connectivity index is 1.57. The highest BCUT2D eigenvalue weighted by Crippen LogP contribution is 2.45. The van der Waals surface area contributed by atoms with E-state index in [2.05, 4.69) is 5.32 Å². The third-order valence-corrected chi connectivity index (χ3v) is 4.65. The lowest BCUT2D eigenvalue weighted by atomic mass is 10.0. The van der Waals surface area contributed by atoms with Crippen molar-refractivity contribution in [2.75, 3.05) is 0 Å². The number of hydrogen-bond acceptors (Lipinski definition) is 2. The van der Waals surface area contributed by atoms with Crippen LogP contribution in [0.1, 0.15) is 57.8 Å². The van der Waals surface area contributed by atoms with Gasteiger partial charge in [-0.15, -0.1) is 0 Å². The van der Waals surface area contributed by atoms with E-state index in [4.69, 9.17) is 0 Å². The Morgan fingerprint density at radius 3 is 2.06 bits per heavy atom. The van der Waals surface area contributed by atoms with Gasteiger partial charge in [0, 0.05) is 12.1 Å². The van der Waals surface area contributed by atoms with Gasteiger partial charge in [-0.1, -0.05) is 19.3 Å². The van der Waals surface area contributed by atoms with Crippen molar-refractivity contribution in [3.05, 3.63) is 0 Å². The fourth-order valence-corrected chi connectivity index (χ4v) is 3.30. The Labute approximate surface area is 98.8 Å². The average molecular weight is 223 g/mol. The number of nitrogens with one attached hydrogen (secondary N) is 1. The largest absolute Gasteiger partial charge is 0.392 e. The van der Waals surface area contributed by atoms with Crippen LogP contribution in [0.25, 0.3) is 0 Å². The second-order valence-electron chi connectivity index (χ2n) is 6.18. The van der Waals surface area contributed by atoms with Gasteiger partial charge in [0.2, 0.25) is 0 Å². The lowest BCUT2D eigenvalue weighted by molar-refractivity contribution is 0.109. The van der Waals surface area contributed by atoms with Crippen LogP contribution in [0.4, 0.5) is 0 Å². The molecule has 0 radical (unpaired) electrons. The monoisotopic (exact) mass is 223 g/mol. The van der Waals surface area contributed by atoms with Crippen LogP contribution >= 0.6 is 0 Å². The smallest absolute Gasteiger partial charge is 0.0693 e. The fourth-order valence-electron chi connectivity index (χ4n) is 3.30. The molecule has 2 nitrogen and oxygen atoms in total. The fraction of sp³-hybridized carbons (Fsp3) is 1.00. The Morgan fingerprint density at radius 1 is 0.812 bits per heavy atom. The van der Waals surface area contributed by atoms with Gasteiger partial charge in [0.15, 0.2) is 0 Å². The number of rotatable bonds is 4. The van der Waals surface area contributed by atoms with Crippen LogP contribution in [0.15, 0.2) is 0 Å². The summed E-state index contributed by atoms with van der Waals surface area (Å²) in [5, 5.41) is 14.0. The summed E-state index contributed by atoms with van der Waals surface area (Å²) >= 11 is 0. The molecule has 0 bridgehead atoms. The van der Waals surface area contributed by atoms with Gasteiger partial charge in [-0.2, -0.15) is 0 Å². The molecule has 0 aromatic carbocycles. The van der Waals surface area contributed by atoms with Crippen molar-refractivity contribution < 1.29 is 5.11 Å². The van der Waals surface area contributed by atoms with E-state index < -0.39 is 0 Å². The first kappa shape index (κ1) is 11.0. The molecule has 2 unspecified atom stereocenters. The third kappa shape index (κ3) is 2.60. The topological polar surface area (TPSA) is 32.3 Å². The van der Waals surface area contributed by atoms with Crippen LogP contribution in [0, 0.1) is 11.8 Å². The zero-order valence-electron chi connectivity index (χ0n) is 10.2. The molecule has 3 aliphatic carbocycles. The predicted octanol–water partition coefficient (Wildman–Crippen LogP) is 2.46. The van der Waals surface area contributed by atoms with Crippen molar-refractivity contribution in [2.45, 2.75) is 76.0 Å². The summed E-state index contributed by atoms with van der Waals surface area (Å²) < 4.78 is 0. The summed E-state index contributed by atoms with van der Waals surface area (Å²) in [5.41, 5.74) is 0. The maximum atomic E-state index is 10.1. The van der Waals surface area contributed by atoms with E-state index in [1.165, 1.54) is 51.4 Å². The van der Waals surface area contributed by atoms with Crippen LogP contribution in [0.2, 0.25) is 0 Å². The molecule has 2 N–H and O–H groups in total. The van der Waals surface area contributed by atoms with E-state index in [0.717, 1.165) is 24.3 Å². The van der Waals surface area contributed by atoms with Gasteiger partial charge in [-0.25, -0.2) is 0 Å². The van der Waals surface area contributed by atoms with Crippen molar-refractivity contribution in [3.63, 3.8) is 0 Å². The highest BCUT2D eigenvalue weighted by atomic mass is 16.3. The zero-order valence-corrected chi connectivity index (χ0v) is 10.2. The van der Waals surface area contributed by atoms with Gasteiger partial charge >= 0.3 is 0 Å². The summed E-state index contributed by atoms with van der Waals surface area (Å²) in [4.78, 5) is 0. The van der Waals surface area contributed by atoms with Gasteiger partial charge in [-0.05, 0) is 50.4 Å². The Bertz CT molecular complexity index is 223. The van der Waals surface area contributed by atoms with Crippen LogP contribution in [0.5, 0.6) is 0 Å². The summed E-state index contributed by atoms with van der Waals surface area (Å²) in [6.07, 6.45) is 11.7. The molecule has 3 saturated carbocycles. The quantitative estimate of drug-likeness (QED) is 0.718. The molecule has 0 saturated heterocycles. The highest BCUT2D eigenvalue weighted by molar-refractivity contribution is 4.98. The van der Waals surface area contributed by atoms with E-state index in [1.54, 1.807) is 0 Å². The van der Waals surface area contributed by atoms with E-state index in [-0.39, 0.29) is 6.10 Å². The molecular formula is C14H25NO. The predicted molar refractivity (Wildman–Crippen MR) is 65.3 cm³/mol. The van der Waals surface area contributed by atoms with Crippen LogP contribution in [0.3, 0.4) is 0 Å². The van der Waals surface area contributed by atoms with E-state index >= 15 is 0 Å². The van der Waals surface area contributed by atoms with Crippen molar-refractivity contribution in [3.8, 4) is 0 Å². The van der Waals surface area contributed by atoms with E-state index in [0.29, 0.717) is 6.04 Å². The van der Waals surface area contributed by atoms with Crippen molar-refractivity contribution in [2.24, 2.45) is 11.8 Å². The SMILES string of the molecule is OC1CCCCCC1NC(C1CC1)C1CC1. The molecule has 3 rings (SSSR count). The molecule has 0 amide bonds. The highest BCUT2D eigenvalue weighted by Gasteiger charge is 2.42. The maximum Gasteiger partial charge on any atom is 0.0693 e. The molecule has 92 valence electrons. The number of hydrogen-bond donors (Lipinski definition) is 2. The lowest BCUT2D eigenvalue weighted by Gasteiger charge is -2.28. The number of aliphatic hydroxyl groups is 1. The Hall–Kier alpha value is -0.0800. The lowest BCUT2D eigenvalue weighted by Crippen LogP contribution is -2.46. The van der Waals surface area contributed by atoms with Gasteiger partial charge in [-0.3, -0.25) is 0 Å². The second kappa shape index (κ2) is 4.66. The molecular weight excluding hydrogens is 198 g/mol. The van der Waals surface area contributed by atoms with Gasteiger partial charge < -0.3 is 10.4 Å². The summed E-state index contributed by atoms with van der Waals surface area (Å²) in [6, 6.07) is 1.14. The normalized spacial score (nSPS) is 36.4.